The van der Waals surface area contributed by atoms with E-state index >= 15 is 0 Å². The standard InChI is InChI=1S/C32H37B2NO2/c1-25(26-11-5-2-6-12-26)35-30(36)32(29-15-9-4-10-16-29)19-23-34(24-20-32)31(37)33-21-17-28(18-22-33)27-13-7-3-8-14-27/h2-16,25,28H,17-24H2,1H3,(H,35,36)/t25-/m0/s1. The van der Waals surface area contributed by atoms with Gasteiger partial charge < -0.3 is 10.1 Å². The first-order valence-electron chi connectivity index (χ1n) is 14.1. The van der Waals surface area contributed by atoms with Gasteiger partial charge in [0, 0.05) is 0 Å². The molecule has 3 nitrogen and oxygen atoms in total. The highest BCUT2D eigenvalue weighted by Crippen LogP contribution is 2.42. The van der Waals surface area contributed by atoms with Gasteiger partial charge in [0.2, 0.25) is 19.3 Å². The van der Waals surface area contributed by atoms with Crippen LogP contribution in [0.5, 0.6) is 0 Å². The Morgan fingerprint density at radius 1 is 0.757 bits per heavy atom. The number of carbonyl (C=O) groups excluding carboxylic acids is 2. The molecule has 2 aliphatic heterocycles. The smallest absolute Gasteiger partial charge is 0.231 e. The molecule has 2 heterocycles. The average molecular weight is 489 g/mol. The van der Waals surface area contributed by atoms with Crippen molar-refractivity contribution < 1.29 is 9.59 Å². The first-order chi connectivity index (χ1) is 18.1. The van der Waals surface area contributed by atoms with Crippen molar-refractivity contribution in [2.45, 2.75) is 75.3 Å². The lowest BCUT2D eigenvalue weighted by Gasteiger charge is -2.39. The maximum absolute atomic E-state index is 13.9. The molecule has 0 unspecified atom stereocenters. The first-order valence-corrected chi connectivity index (χ1v) is 14.1. The van der Waals surface area contributed by atoms with Crippen LogP contribution in [0.25, 0.3) is 0 Å². The van der Waals surface area contributed by atoms with Gasteiger partial charge >= 0.3 is 0 Å². The summed E-state index contributed by atoms with van der Waals surface area (Å²) in [7, 11) is 0. The van der Waals surface area contributed by atoms with Gasteiger partial charge in [0.05, 0.1) is 17.0 Å². The number of rotatable bonds is 7. The van der Waals surface area contributed by atoms with Crippen LogP contribution in [0.1, 0.15) is 61.3 Å². The molecule has 2 aliphatic rings. The van der Waals surface area contributed by atoms with Crippen LogP contribution >= 0.6 is 0 Å². The summed E-state index contributed by atoms with van der Waals surface area (Å²) in [5.74, 6) is 0.668. The summed E-state index contributed by atoms with van der Waals surface area (Å²) < 4.78 is 0. The molecule has 188 valence electrons. The monoisotopic (exact) mass is 489 g/mol. The zero-order valence-electron chi connectivity index (χ0n) is 21.9. The van der Waals surface area contributed by atoms with Crippen LogP contribution in [0.2, 0.25) is 25.3 Å². The molecule has 2 fully saturated rings. The lowest BCUT2D eigenvalue weighted by molar-refractivity contribution is -0.128. The van der Waals surface area contributed by atoms with Crippen LogP contribution in [0.3, 0.4) is 0 Å². The summed E-state index contributed by atoms with van der Waals surface area (Å²) >= 11 is 0. The van der Waals surface area contributed by atoms with Crippen LogP contribution in [-0.2, 0) is 10.2 Å². The normalized spacial score (nSPS) is 18.7. The van der Waals surface area contributed by atoms with Crippen molar-refractivity contribution in [2.24, 2.45) is 0 Å². The molecule has 0 spiro atoms. The number of hydrogen-bond acceptors (Lipinski definition) is 2. The Kier molecular flexibility index (Phi) is 7.98. The van der Waals surface area contributed by atoms with Gasteiger partial charge in [-0.3, -0.25) is 4.79 Å². The Labute approximate surface area is 222 Å². The van der Waals surface area contributed by atoms with Crippen LogP contribution in [0.4, 0.5) is 4.79 Å². The third-order valence-electron chi connectivity index (χ3n) is 9.05. The molecular formula is C32H37B2NO2. The Morgan fingerprint density at radius 3 is 1.86 bits per heavy atom. The molecule has 0 aliphatic carbocycles. The molecule has 37 heavy (non-hydrogen) atoms. The predicted octanol–water partition coefficient (Wildman–Crippen LogP) is 7.45. The highest BCUT2D eigenvalue weighted by molar-refractivity contribution is 7.18. The van der Waals surface area contributed by atoms with E-state index in [-0.39, 0.29) is 25.4 Å². The molecule has 1 N–H and O–H groups in total. The summed E-state index contributed by atoms with van der Waals surface area (Å²) in [5, 5.41) is 3.31. The molecule has 0 bridgehead atoms. The fourth-order valence-electron chi connectivity index (χ4n) is 6.73. The second kappa shape index (κ2) is 11.5. The summed E-state index contributed by atoms with van der Waals surface area (Å²) in [6.45, 7) is 2.31. The van der Waals surface area contributed by atoms with Gasteiger partial charge in [0.25, 0.3) is 0 Å². The molecule has 5 rings (SSSR count). The maximum Gasteiger partial charge on any atom is 0.231 e. The van der Waals surface area contributed by atoms with E-state index in [9.17, 15) is 9.59 Å². The van der Waals surface area contributed by atoms with E-state index in [0.717, 1.165) is 62.1 Å². The number of hydrogen-bond donors (Lipinski definition) is 1. The molecule has 1 atom stereocenters. The number of benzene rings is 3. The predicted molar refractivity (Wildman–Crippen MR) is 155 cm³/mol. The van der Waals surface area contributed by atoms with Crippen LogP contribution in [0, 0.1) is 0 Å². The van der Waals surface area contributed by atoms with Crippen LogP contribution in [-0.4, -0.2) is 24.9 Å². The minimum Gasteiger partial charge on any atom is -0.349 e. The Hall–Kier alpha value is -3.07. The molecule has 3 aromatic rings. The van der Waals surface area contributed by atoms with E-state index in [1.54, 1.807) is 0 Å². The fraction of sp³-hybridized carbons (Fsp3) is 0.375. The zero-order valence-corrected chi connectivity index (χ0v) is 21.9. The fourth-order valence-corrected chi connectivity index (χ4v) is 6.73. The minimum absolute atomic E-state index is 0.0616. The first kappa shape index (κ1) is 25.6. The second-order valence-corrected chi connectivity index (χ2v) is 11.2. The molecule has 2 saturated heterocycles. The molecule has 0 radical (unpaired) electrons. The SMILES string of the molecule is C[C@H](NC(=O)C1(c2ccccc2)CCB(C(=O)B2CCC(c3ccccc3)CC2)CC1)c1ccccc1. The molecule has 1 amide bonds. The van der Waals surface area contributed by atoms with Gasteiger partial charge in [-0.25, -0.2) is 0 Å². The van der Waals surface area contributed by atoms with E-state index in [4.69, 9.17) is 0 Å². The van der Waals surface area contributed by atoms with Crippen molar-refractivity contribution in [3.05, 3.63) is 108 Å². The third kappa shape index (κ3) is 5.61. The quantitative estimate of drug-likeness (QED) is 0.351. The Balaban J connectivity index is 1.24. The third-order valence-corrected chi connectivity index (χ3v) is 9.05. The van der Waals surface area contributed by atoms with E-state index in [1.807, 2.05) is 43.3 Å². The molecular weight excluding hydrogens is 452 g/mol. The van der Waals surface area contributed by atoms with Gasteiger partial charge in [0.1, 0.15) is 0 Å². The minimum atomic E-state index is -0.577. The van der Waals surface area contributed by atoms with Crippen LogP contribution in [0.15, 0.2) is 91.0 Å². The zero-order chi connectivity index (χ0) is 25.7. The summed E-state index contributed by atoms with van der Waals surface area (Å²) in [6, 6.07) is 31.0. The van der Waals surface area contributed by atoms with E-state index in [0.29, 0.717) is 11.5 Å². The summed E-state index contributed by atoms with van der Waals surface area (Å²) in [4.78, 5) is 27.4. The highest BCUT2D eigenvalue weighted by Gasteiger charge is 2.47. The average Bonchev–Trinajstić information content (AvgIpc) is 2.98. The largest absolute Gasteiger partial charge is 0.349 e. The summed E-state index contributed by atoms with van der Waals surface area (Å²) in [5.41, 5.74) is 3.46. The van der Waals surface area contributed by atoms with Crippen molar-refractivity contribution in [1.29, 1.82) is 0 Å². The van der Waals surface area contributed by atoms with Crippen molar-refractivity contribution in [1.82, 2.24) is 5.32 Å². The maximum atomic E-state index is 13.9. The molecule has 0 saturated carbocycles. The van der Waals surface area contributed by atoms with Crippen molar-refractivity contribution in [3.8, 4) is 0 Å². The van der Waals surface area contributed by atoms with Gasteiger partial charge in [-0.1, -0.05) is 129 Å². The number of amides is 1. The van der Waals surface area contributed by atoms with E-state index in [2.05, 4.69) is 59.9 Å². The van der Waals surface area contributed by atoms with Crippen molar-refractivity contribution >= 4 is 24.9 Å². The van der Waals surface area contributed by atoms with Crippen molar-refractivity contribution in [3.63, 3.8) is 0 Å². The second-order valence-electron chi connectivity index (χ2n) is 11.2. The van der Waals surface area contributed by atoms with Gasteiger partial charge in [-0.2, -0.15) is 0 Å². The van der Waals surface area contributed by atoms with E-state index in [1.165, 1.54) is 5.56 Å². The van der Waals surface area contributed by atoms with Crippen molar-refractivity contribution in [2.75, 3.05) is 0 Å². The Bertz CT molecular complexity index is 1170. The van der Waals surface area contributed by atoms with Gasteiger partial charge in [-0.05, 0) is 42.4 Å². The molecule has 0 aromatic heterocycles. The lowest BCUT2D eigenvalue weighted by atomic mass is 9.20. The summed E-state index contributed by atoms with van der Waals surface area (Å²) in [6.07, 6.45) is 7.21. The Morgan fingerprint density at radius 2 is 1.27 bits per heavy atom. The number of nitrogens with one attached hydrogen (secondary N) is 1. The lowest BCUT2D eigenvalue weighted by Crippen LogP contribution is -2.51. The van der Waals surface area contributed by atoms with Gasteiger partial charge in [-0.15, -0.1) is 0 Å². The number of carbonyl (C=O) groups is 2. The van der Waals surface area contributed by atoms with Gasteiger partial charge in [0.15, 0.2) is 0 Å². The highest BCUT2D eigenvalue weighted by atomic mass is 16.2. The molecule has 3 aromatic carbocycles. The van der Waals surface area contributed by atoms with Crippen LogP contribution < -0.4 is 5.32 Å². The molecule has 5 heteroatoms. The topological polar surface area (TPSA) is 46.2 Å². The van der Waals surface area contributed by atoms with E-state index < -0.39 is 5.41 Å².